The fraction of sp³-hybridized carbons (Fsp3) is 0.350. The number of ether oxygens (including phenoxy) is 2. The Bertz CT molecular complexity index is 843. The van der Waals surface area contributed by atoms with Crippen molar-refractivity contribution in [1.82, 2.24) is 9.80 Å². The second-order valence-corrected chi connectivity index (χ2v) is 6.35. The predicted octanol–water partition coefficient (Wildman–Crippen LogP) is 1.45. The maximum Gasteiger partial charge on any atom is 0.344 e. The van der Waals surface area contributed by atoms with Crippen LogP contribution in [-0.2, 0) is 19.1 Å². The quantitative estimate of drug-likeness (QED) is 0.745. The third kappa shape index (κ3) is 4.97. The van der Waals surface area contributed by atoms with Gasteiger partial charge >= 0.3 is 5.97 Å². The highest BCUT2D eigenvalue weighted by Gasteiger charge is 2.23. The summed E-state index contributed by atoms with van der Waals surface area (Å²) in [5, 5.41) is 2.10. The van der Waals surface area contributed by atoms with E-state index in [9.17, 15) is 14.4 Å². The Morgan fingerprint density at radius 2 is 1.56 bits per heavy atom. The number of amides is 2. The van der Waals surface area contributed by atoms with Gasteiger partial charge in [0.1, 0.15) is 5.75 Å². The van der Waals surface area contributed by atoms with Crippen LogP contribution in [0.5, 0.6) is 5.75 Å². The summed E-state index contributed by atoms with van der Waals surface area (Å²) < 4.78 is 10.5. The molecule has 0 aliphatic carbocycles. The molecule has 1 aliphatic rings. The first-order chi connectivity index (χ1) is 13.0. The maximum absolute atomic E-state index is 12.1. The van der Waals surface area contributed by atoms with Crippen molar-refractivity contribution in [2.45, 2.75) is 6.92 Å². The molecule has 0 N–H and O–H groups in total. The minimum atomic E-state index is -0.598. The highest BCUT2D eigenvalue weighted by atomic mass is 16.6. The number of piperazine rings is 1. The third-order valence-corrected chi connectivity index (χ3v) is 4.51. The number of rotatable bonds is 5. The molecule has 1 saturated heterocycles. The van der Waals surface area contributed by atoms with Crippen LogP contribution < -0.4 is 4.74 Å². The Balaban J connectivity index is 1.41. The summed E-state index contributed by atoms with van der Waals surface area (Å²) in [5.74, 6) is -0.298. The Labute approximate surface area is 157 Å². The van der Waals surface area contributed by atoms with Crippen LogP contribution >= 0.6 is 0 Å². The monoisotopic (exact) mass is 370 g/mol. The molecule has 3 rings (SSSR count). The molecule has 1 heterocycles. The smallest absolute Gasteiger partial charge is 0.344 e. The van der Waals surface area contributed by atoms with E-state index in [4.69, 9.17) is 9.47 Å². The molecule has 0 spiro atoms. The summed E-state index contributed by atoms with van der Waals surface area (Å²) in [6.45, 7) is 2.83. The summed E-state index contributed by atoms with van der Waals surface area (Å²) in [5.41, 5.74) is 0. The molecule has 2 amide bonds. The van der Waals surface area contributed by atoms with E-state index < -0.39 is 5.97 Å². The van der Waals surface area contributed by atoms with Crippen molar-refractivity contribution in [3.05, 3.63) is 42.5 Å². The number of hydrogen-bond acceptors (Lipinski definition) is 5. The van der Waals surface area contributed by atoms with Gasteiger partial charge in [-0.3, -0.25) is 9.59 Å². The van der Waals surface area contributed by atoms with E-state index in [1.54, 1.807) is 15.9 Å². The number of fused-ring (bicyclic) bond motifs is 1. The number of esters is 1. The van der Waals surface area contributed by atoms with Gasteiger partial charge in [0.05, 0.1) is 0 Å². The molecule has 0 saturated carbocycles. The Morgan fingerprint density at radius 1 is 0.889 bits per heavy atom. The van der Waals surface area contributed by atoms with Crippen LogP contribution in [0.25, 0.3) is 10.8 Å². The van der Waals surface area contributed by atoms with Gasteiger partial charge in [0, 0.05) is 33.1 Å². The van der Waals surface area contributed by atoms with Gasteiger partial charge in [-0.25, -0.2) is 4.79 Å². The average Bonchev–Trinajstić information content (AvgIpc) is 2.70. The molecule has 0 aromatic heterocycles. The second kappa shape index (κ2) is 8.53. The molecular formula is C20H22N2O5. The molecule has 2 aromatic rings. The minimum absolute atomic E-state index is 0.000587. The zero-order valence-electron chi connectivity index (χ0n) is 15.2. The lowest BCUT2D eigenvalue weighted by Crippen LogP contribution is -2.51. The normalized spacial score (nSPS) is 14.1. The van der Waals surface area contributed by atoms with Crippen LogP contribution in [0.3, 0.4) is 0 Å². The molecule has 0 bridgehead atoms. The van der Waals surface area contributed by atoms with Crippen molar-refractivity contribution < 1.29 is 23.9 Å². The van der Waals surface area contributed by atoms with Gasteiger partial charge < -0.3 is 19.3 Å². The zero-order valence-corrected chi connectivity index (χ0v) is 15.2. The maximum atomic E-state index is 12.1. The first kappa shape index (κ1) is 18.7. The van der Waals surface area contributed by atoms with Gasteiger partial charge in [-0.2, -0.15) is 0 Å². The van der Waals surface area contributed by atoms with Crippen LogP contribution in [0, 0.1) is 0 Å². The molecule has 142 valence electrons. The van der Waals surface area contributed by atoms with Gasteiger partial charge in [-0.15, -0.1) is 0 Å². The first-order valence-corrected chi connectivity index (χ1v) is 8.83. The molecule has 7 nitrogen and oxygen atoms in total. The molecule has 1 aliphatic heterocycles. The van der Waals surface area contributed by atoms with Crippen molar-refractivity contribution >= 4 is 28.6 Å². The number of hydrogen-bond donors (Lipinski definition) is 0. The topological polar surface area (TPSA) is 76.2 Å². The molecule has 0 radical (unpaired) electrons. The van der Waals surface area contributed by atoms with Crippen LogP contribution in [0.2, 0.25) is 0 Å². The van der Waals surface area contributed by atoms with E-state index in [0.29, 0.717) is 31.9 Å². The number of nitrogens with zero attached hydrogens (tertiary/aromatic N) is 2. The van der Waals surface area contributed by atoms with E-state index in [1.807, 2.05) is 36.4 Å². The lowest BCUT2D eigenvalue weighted by atomic mass is 10.1. The van der Waals surface area contributed by atoms with E-state index in [0.717, 1.165) is 10.8 Å². The van der Waals surface area contributed by atoms with Crippen molar-refractivity contribution in [1.29, 1.82) is 0 Å². The summed E-state index contributed by atoms with van der Waals surface area (Å²) in [6, 6.07) is 13.4. The van der Waals surface area contributed by atoms with Gasteiger partial charge in [0.25, 0.3) is 5.91 Å². The van der Waals surface area contributed by atoms with Gasteiger partial charge in [0.2, 0.25) is 5.91 Å². The minimum Gasteiger partial charge on any atom is -0.482 e. The largest absolute Gasteiger partial charge is 0.482 e. The Kier molecular flexibility index (Phi) is 5.90. The third-order valence-electron chi connectivity index (χ3n) is 4.51. The van der Waals surface area contributed by atoms with E-state index in [2.05, 4.69) is 0 Å². The molecular weight excluding hydrogens is 348 g/mol. The fourth-order valence-corrected chi connectivity index (χ4v) is 2.95. The summed E-state index contributed by atoms with van der Waals surface area (Å²) in [7, 11) is 0. The molecule has 2 aromatic carbocycles. The Morgan fingerprint density at radius 3 is 2.26 bits per heavy atom. The van der Waals surface area contributed by atoms with Crippen molar-refractivity contribution in [3.63, 3.8) is 0 Å². The van der Waals surface area contributed by atoms with Crippen LogP contribution in [-0.4, -0.2) is 67.0 Å². The summed E-state index contributed by atoms with van der Waals surface area (Å²) >= 11 is 0. The van der Waals surface area contributed by atoms with Crippen molar-refractivity contribution in [2.24, 2.45) is 0 Å². The average molecular weight is 370 g/mol. The van der Waals surface area contributed by atoms with Gasteiger partial charge in [-0.05, 0) is 22.9 Å². The molecule has 0 atom stereocenters. The predicted molar refractivity (Wildman–Crippen MR) is 99.2 cm³/mol. The highest BCUT2D eigenvalue weighted by Crippen LogP contribution is 2.20. The van der Waals surface area contributed by atoms with Crippen molar-refractivity contribution in [3.8, 4) is 5.75 Å². The Hall–Kier alpha value is -3.09. The molecule has 7 heteroatoms. The summed E-state index contributed by atoms with van der Waals surface area (Å²) in [6.07, 6.45) is 0. The highest BCUT2D eigenvalue weighted by molar-refractivity contribution is 5.84. The zero-order chi connectivity index (χ0) is 19.2. The SMILES string of the molecule is CC(=O)N1CCN(C(=O)COC(=O)COc2ccc3ccccc3c2)CC1. The lowest BCUT2D eigenvalue weighted by Gasteiger charge is -2.34. The van der Waals surface area contributed by atoms with Crippen molar-refractivity contribution in [2.75, 3.05) is 39.4 Å². The fourth-order valence-electron chi connectivity index (χ4n) is 2.95. The molecule has 0 unspecified atom stereocenters. The number of carbonyl (C=O) groups is 3. The van der Waals surface area contributed by atoms with E-state index in [1.165, 1.54) is 6.92 Å². The number of carbonyl (C=O) groups excluding carboxylic acids is 3. The van der Waals surface area contributed by atoms with Crippen LogP contribution in [0.4, 0.5) is 0 Å². The number of benzene rings is 2. The lowest BCUT2D eigenvalue weighted by molar-refractivity contribution is -0.154. The standard InChI is InChI=1S/C20H22N2O5/c1-15(23)21-8-10-22(11-9-21)19(24)13-27-20(25)14-26-18-7-6-16-4-2-3-5-17(16)12-18/h2-7,12H,8-11,13-14H2,1H3. The van der Waals surface area contributed by atoms with E-state index >= 15 is 0 Å². The first-order valence-electron chi connectivity index (χ1n) is 8.83. The second-order valence-electron chi connectivity index (χ2n) is 6.35. The van der Waals surface area contributed by atoms with Gasteiger partial charge in [-0.1, -0.05) is 30.3 Å². The van der Waals surface area contributed by atoms with Gasteiger partial charge in [0.15, 0.2) is 13.2 Å². The van der Waals surface area contributed by atoms with Crippen LogP contribution in [0.15, 0.2) is 42.5 Å². The van der Waals surface area contributed by atoms with E-state index in [-0.39, 0.29) is 25.0 Å². The molecule has 1 fully saturated rings. The summed E-state index contributed by atoms with van der Waals surface area (Å²) in [4.78, 5) is 38.5. The van der Waals surface area contributed by atoms with Crippen LogP contribution in [0.1, 0.15) is 6.92 Å². The molecule has 27 heavy (non-hydrogen) atoms.